The molecule has 3 aromatic rings. The van der Waals surface area contributed by atoms with Crippen LogP contribution in [0.25, 0.3) is 10.9 Å². The normalized spacial score (nSPS) is 18.5. The zero-order valence-electron chi connectivity index (χ0n) is 21.8. The standard InChI is InChI=1S/C28H34N6O4/c1-31-7-9-32(10-8-31)11-12-38-21-5-4-19-16-34(17-20(19)13-21)28(37)23-14-22-24(15-26(23)35)29-30-25(22)18-33-6-2-3-27(33)36/h4-5,13-15,35H,2-3,6-12,16-18H2,1H3,(H,29,30). The van der Waals surface area contributed by atoms with Gasteiger partial charge in [-0.25, -0.2) is 0 Å². The quantitative estimate of drug-likeness (QED) is 0.494. The van der Waals surface area contributed by atoms with Gasteiger partial charge in [-0.2, -0.15) is 5.10 Å². The van der Waals surface area contributed by atoms with E-state index in [1.165, 1.54) is 0 Å². The van der Waals surface area contributed by atoms with Crippen LogP contribution in [-0.4, -0.2) is 99.6 Å². The maximum Gasteiger partial charge on any atom is 0.258 e. The zero-order valence-corrected chi connectivity index (χ0v) is 21.8. The lowest BCUT2D eigenvalue weighted by Gasteiger charge is -2.32. The van der Waals surface area contributed by atoms with Crippen LogP contribution in [0.5, 0.6) is 11.5 Å². The minimum Gasteiger partial charge on any atom is -0.507 e. The summed E-state index contributed by atoms with van der Waals surface area (Å²) in [5.74, 6) is 0.617. The minimum absolute atomic E-state index is 0.0844. The predicted molar refractivity (Wildman–Crippen MR) is 142 cm³/mol. The van der Waals surface area contributed by atoms with Gasteiger partial charge < -0.3 is 24.5 Å². The molecule has 3 aliphatic rings. The number of aromatic hydroxyl groups is 1. The third-order valence-corrected chi connectivity index (χ3v) is 7.96. The van der Waals surface area contributed by atoms with Crippen LogP contribution in [-0.2, 0) is 24.4 Å². The van der Waals surface area contributed by atoms with Crippen LogP contribution in [0.4, 0.5) is 0 Å². The number of amides is 2. The Kier molecular flexibility index (Phi) is 6.67. The van der Waals surface area contributed by atoms with Gasteiger partial charge in [-0.15, -0.1) is 0 Å². The van der Waals surface area contributed by atoms with Gasteiger partial charge in [0, 0.05) is 70.2 Å². The van der Waals surface area contributed by atoms with Crippen LogP contribution < -0.4 is 4.74 Å². The first-order chi connectivity index (χ1) is 18.4. The SMILES string of the molecule is CN1CCN(CCOc2ccc3c(c2)CN(C(=O)c2cc4c(CN5CCCC5=O)n[nH]c4cc2O)C3)CC1. The van der Waals surface area contributed by atoms with Crippen molar-refractivity contribution in [3.63, 3.8) is 0 Å². The molecule has 1 aromatic heterocycles. The Bertz CT molecular complexity index is 1360. The molecule has 0 spiro atoms. The van der Waals surface area contributed by atoms with Gasteiger partial charge in [-0.05, 0) is 42.8 Å². The number of carbonyl (C=O) groups is 2. The number of fused-ring (bicyclic) bond motifs is 2. The number of nitrogens with zero attached hydrogens (tertiary/aromatic N) is 5. The van der Waals surface area contributed by atoms with E-state index in [0.29, 0.717) is 50.4 Å². The van der Waals surface area contributed by atoms with E-state index in [0.717, 1.165) is 61.4 Å². The Hall–Kier alpha value is -3.63. The van der Waals surface area contributed by atoms with E-state index >= 15 is 0 Å². The molecule has 4 heterocycles. The molecule has 0 aliphatic carbocycles. The molecule has 2 N–H and O–H groups in total. The Morgan fingerprint density at radius 1 is 1.08 bits per heavy atom. The highest BCUT2D eigenvalue weighted by Gasteiger charge is 2.28. The Morgan fingerprint density at radius 3 is 2.68 bits per heavy atom. The van der Waals surface area contributed by atoms with E-state index < -0.39 is 0 Å². The summed E-state index contributed by atoms with van der Waals surface area (Å²) in [6.07, 6.45) is 1.41. The lowest BCUT2D eigenvalue weighted by molar-refractivity contribution is -0.128. The van der Waals surface area contributed by atoms with Gasteiger partial charge in [0.05, 0.1) is 23.3 Å². The highest BCUT2D eigenvalue weighted by molar-refractivity contribution is 6.01. The molecular weight excluding hydrogens is 484 g/mol. The maximum absolute atomic E-state index is 13.5. The van der Waals surface area contributed by atoms with Crippen LogP contribution in [0.15, 0.2) is 30.3 Å². The molecule has 2 saturated heterocycles. The molecule has 0 unspecified atom stereocenters. The minimum atomic E-state index is -0.234. The topological polar surface area (TPSA) is 105 Å². The second-order valence-electron chi connectivity index (χ2n) is 10.6. The van der Waals surface area contributed by atoms with Crippen molar-refractivity contribution in [3.8, 4) is 11.5 Å². The summed E-state index contributed by atoms with van der Waals surface area (Å²) in [5, 5.41) is 18.7. The summed E-state index contributed by atoms with van der Waals surface area (Å²) in [4.78, 5) is 33.9. The number of phenols is 1. The summed E-state index contributed by atoms with van der Waals surface area (Å²) in [6.45, 7) is 7.89. The molecule has 0 bridgehead atoms. The highest BCUT2D eigenvalue weighted by Crippen LogP contribution is 2.32. The van der Waals surface area contributed by atoms with E-state index in [1.807, 2.05) is 18.2 Å². The molecule has 2 fully saturated rings. The molecule has 6 rings (SSSR count). The number of benzene rings is 2. The number of phenolic OH excluding ortho intramolecular Hbond substituents is 1. The molecule has 10 heteroatoms. The number of aromatic nitrogens is 2. The number of hydrogen-bond donors (Lipinski definition) is 2. The number of nitrogens with one attached hydrogen (secondary N) is 1. The van der Waals surface area contributed by atoms with Crippen molar-refractivity contribution >= 4 is 22.7 Å². The van der Waals surface area contributed by atoms with Crippen molar-refractivity contribution in [1.82, 2.24) is 29.8 Å². The largest absolute Gasteiger partial charge is 0.507 e. The van der Waals surface area contributed by atoms with Crippen LogP contribution in [0, 0.1) is 0 Å². The van der Waals surface area contributed by atoms with Gasteiger partial charge in [0.25, 0.3) is 5.91 Å². The number of piperazine rings is 1. The van der Waals surface area contributed by atoms with Crippen molar-refractivity contribution < 1.29 is 19.4 Å². The highest BCUT2D eigenvalue weighted by atomic mass is 16.5. The first-order valence-corrected chi connectivity index (χ1v) is 13.4. The number of aromatic amines is 1. The number of rotatable bonds is 7. The number of likely N-dealkylation sites (tertiary alicyclic amines) is 1. The van der Waals surface area contributed by atoms with E-state index in [4.69, 9.17) is 4.74 Å². The van der Waals surface area contributed by atoms with Crippen molar-refractivity contribution in [2.24, 2.45) is 0 Å². The van der Waals surface area contributed by atoms with Crippen molar-refractivity contribution in [2.45, 2.75) is 32.5 Å². The average Bonchev–Trinajstić information content (AvgIpc) is 3.63. The Labute approximate surface area is 221 Å². The van der Waals surface area contributed by atoms with Crippen LogP contribution in [0.3, 0.4) is 0 Å². The molecule has 10 nitrogen and oxygen atoms in total. The summed E-state index contributed by atoms with van der Waals surface area (Å²) in [5.41, 5.74) is 3.73. The van der Waals surface area contributed by atoms with Crippen molar-refractivity contribution in [1.29, 1.82) is 0 Å². The molecular formula is C28H34N6O4. The molecule has 2 amide bonds. The monoisotopic (exact) mass is 518 g/mol. The van der Waals surface area contributed by atoms with Gasteiger partial charge >= 0.3 is 0 Å². The summed E-state index contributed by atoms with van der Waals surface area (Å²) < 4.78 is 6.04. The zero-order chi connectivity index (χ0) is 26.2. The molecule has 3 aliphatic heterocycles. The number of carbonyl (C=O) groups excluding carboxylic acids is 2. The van der Waals surface area contributed by atoms with E-state index in [2.05, 4.69) is 27.0 Å². The number of H-pyrrole nitrogens is 1. The third kappa shape index (κ3) is 4.93. The van der Waals surface area contributed by atoms with Gasteiger partial charge in [0.1, 0.15) is 18.1 Å². The second-order valence-corrected chi connectivity index (χ2v) is 10.6. The third-order valence-electron chi connectivity index (χ3n) is 7.96. The van der Waals surface area contributed by atoms with Crippen LogP contribution >= 0.6 is 0 Å². The lowest BCUT2D eigenvalue weighted by Crippen LogP contribution is -2.45. The molecule has 200 valence electrons. The van der Waals surface area contributed by atoms with Crippen LogP contribution in [0.1, 0.15) is 40.0 Å². The number of ether oxygens (including phenoxy) is 1. The van der Waals surface area contributed by atoms with Gasteiger partial charge in [0.2, 0.25) is 5.91 Å². The number of likely N-dealkylation sites (N-methyl/N-ethyl adjacent to an activating group) is 1. The fourth-order valence-corrected chi connectivity index (χ4v) is 5.59. The first-order valence-electron chi connectivity index (χ1n) is 13.4. The predicted octanol–water partition coefficient (Wildman–Crippen LogP) is 2.17. The fourth-order valence-electron chi connectivity index (χ4n) is 5.59. The van der Waals surface area contributed by atoms with E-state index in [1.54, 1.807) is 21.9 Å². The van der Waals surface area contributed by atoms with Gasteiger partial charge in [-0.1, -0.05) is 6.07 Å². The summed E-state index contributed by atoms with van der Waals surface area (Å²) in [7, 11) is 2.15. The molecule has 0 atom stereocenters. The molecule has 0 radical (unpaired) electrons. The van der Waals surface area contributed by atoms with Gasteiger partial charge in [0.15, 0.2) is 0 Å². The summed E-state index contributed by atoms with van der Waals surface area (Å²) in [6, 6.07) is 9.26. The van der Waals surface area contributed by atoms with E-state index in [9.17, 15) is 14.7 Å². The molecule has 2 aromatic carbocycles. The molecule has 0 saturated carbocycles. The van der Waals surface area contributed by atoms with Crippen LogP contribution in [0.2, 0.25) is 0 Å². The van der Waals surface area contributed by atoms with Crippen molar-refractivity contribution in [3.05, 3.63) is 52.7 Å². The number of hydrogen-bond acceptors (Lipinski definition) is 7. The van der Waals surface area contributed by atoms with E-state index in [-0.39, 0.29) is 23.1 Å². The summed E-state index contributed by atoms with van der Waals surface area (Å²) >= 11 is 0. The Balaban J connectivity index is 1.12. The smallest absolute Gasteiger partial charge is 0.258 e. The maximum atomic E-state index is 13.5. The second kappa shape index (κ2) is 10.3. The van der Waals surface area contributed by atoms with Gasteiger partial charge in [-0.3, -0.25) is 19.6 Å². The van der Waals surface area contributed by atoms with Crippen molar-refractivity contribution in [2.75, 3.05) is 52.9 Å². The lowest BCUT2D eigenvalue weighted by atomic mass is 10.1. The first kappa shape index (κ1) is 24.7. The Morgan fingerprint density at radius 2 is 1.89 bits per heavy atom. The molecule has 38 heavy (non-hydrogen) atoms. The fraction of sp³-hybridized carbons (Fsp3) is 0.464. The average molecular weight is 519 g/mol.